The largest absolute Gasteiger partial charge is 0.385 e. The van der Waals surface area contributed by atoms with Gasteiger partial charge < -0.3 is 9.47 Å². The van der Waals surface area contributed by atoms with Crippen LogP contribution in [0.2, 0.25) is 0 Å². The lowest BCUT2D eigenvalue weighted by Gasteiger charge is -2.28. The van der Waals surface area contributed by atoms with Gasteiger partial charge in [0.05, 0.1) is 0 Å². The Morgan fingerprint density at radius 1 is 0.842 bits per heavy atom. The van der Waals surface area contributed by atoms with Crippen LogP contribution in [0.1, 0.15) is 71.1 Å². The van der Waals surface area contributed by atoms with Crippen molar-refractivity contribution in [3.05, 3.63) is 0 Å². The third-order valence-corrected chi connectivity index (χ3v) is 4.40. The van der Waals surface area contributed by atoms with Gasteiger partial charge in [0.1, 0.15) is 0 Å². The van der Waals surface area contributed by atoms with E-state index in [-0.39, 0.29) is 0 Å². The molecule has 0 saturated heterocycles. The molecule has 1 saturated carbocycles. The molecule has 0 N–H and O–H groups in total. The van der Waals surface area contributed by atoms with Crippen molar-refractivity contribution in [1.29, 1.82) is 0 Å². The van der Waals surface area contributed by atoms with Crippen molar-refractivity contribution in [3.8, 4) is 0 Å². The minimum absolute atomic E-state index is 0.849. The molecule has 0 spiro atoms. The van der Waals surface area contributed by atoms with Crippen LogP contribution in [0.3, 0.4) is 0 Å². The first-order valence-corrected chi connectivity index (χ1v) is 8.43. The van der Waals surface area contributed by atoms with E-state index in [1.807, 2.05) is 0 Å². The molecule has 19 heavy (non-hydrogen) atoms. The van der Waals surface area contributed by atoms with Gasteiger partial charge in [-0.3, -0.25) is 0 Å². The van der Waals surface area contributed by atoms with Crippen LogP contribution in [0, 0.1) is 11.8 Å². The minimum Gasteiger partial charge on any atom is -0.385 e. The molecule has 2 nitrogen and oxygen atoms in total. The second-order valence-corrected chi connectivity index (χ2v) is 6.16. The van der Waals surface area contributed by atoms with E-state index in [1.54, 1.807) is 7.11 Å². The SMILES string of the molecule is CCCC1CCC(COCCCCCCOC)CC1. The Hall–Kier alpha value is -0.0800. The van der Waals surface area contributed by atoms with Crippen LogP contribution in [0.25, 0.3) is 0 Å². The Balaban J connectivity index is 1.85. The molecule has 0 aromatic heterocycles. The zero-order chi connectivity index (χ0) is 13.8. The van der Waals surface area contributed by atoms with Gasteiger partial charge >= 0.3 is 0 Å². The fourth-order valence-electron chi connectivity index (χ4n) is 3.15. The predicted molar refractivity (Wildman–Crippen MR) is 81.5 cm³/mol. The van der Waals surface area contributed by atoms with Gasteiger partial charge in [-0.1, -0.05) is 45.4 Å². The lowest BCUT2D eigenvalue weighted by molar-refractivity contribution is 0.0740. The van der Waals surface area contributed by atoms with E-state index >= 15 is 0 Å². The van der Waals surface area contributed by atoms with Crippen molar-refractivity contribution in [2.24, 2.45) is 11.8 Å². The van der Waals surface area contributed by atoms with Crippen LogP contribution >= 0.6 is 0 Å². The number of methoxy groups -OCH3 is 1. The highest BCUT2D eigenvalue weighted by molar-refractivity contribution is 4.72. The molecule has 1 aliphatic rings. The molecule has 0 radical (unpaired) electrons. The first-order chi connectivity index (χ1) is 9.36. The summed E-state index contributed by atoms with van der Waals surface area (Å²) >= 11 is 0. The molecule has 1 fully saturated rings. The quantitative estimate of drug-likeness (QED) is 0.501. The molecule has 2 heteroatoms. The highest BCUT2D eigenvalue weighted by atomic mass is 16.5. The van der Waals surface area contributed by atoms with Crippen LogP contribution in [-0.4, -0.2) is 26.9 Å². The fraction of sp³-hybridized carbons (Fsp3) is 1.00. The summed E-state index contributed by atoms with van der Waals surface area (Å²) in [7, 11) is 1.78. The van der Waals surface area contributed by atoms with E-state index in [2.05, 4.69) is 6.92 Å². The topological polar surface area (TPSA) is 18.5 Å². The lowest BCUT2D eigenvalue weighted by Crippen LogP contribution is -2.19. The van der Waals surface area contributed by atoms with Gasteiger partial charge in [0.25, 0.3) is 0 Å². The van der Waals surface area contributed by atoms with Gasteiger partial charge in [-0.2, -0.15) is 0 Å². The van der Waals surface area contributed by atoms with Gasteiger partial charge in [0.15, 0.2) is 0 Å². The van der Waals surface area contributed by atoms with Gasteiger partial charge in [0, 0.05) is 26.9 Å². The normalized spacial score (nSPS) is 23.7. The Kier molecular flexibility index (Phi) is 10.5. The Morgan fingerprint density at radius 3 is 2.11 bits per heavy atom. The Morgan fingerprint density at radius 2 is 1.47 bits per heavy atom. The highest BCUT2D eigenvalue weighted by Gasteiger charge is 2.20. The third kappa shape index (κ3) is 8.65. The molecule has 1 rings (SSSR count). The van der Waals surface area contributed by atoms with Crippen molar-refractivity contribution in [3.63, 3.8) is 0 Å². The fourth-order valence-corrected chi connectivity index (χ4v) is 3.15. The second-order valence-electron chi connectivity index (χ2n) is 6.16. The molecule has 0 unspecified atom stereocenters. The first-order valence-electron chi connectivity index (χ1n) is 8.43. The summed E-state index contributed by atoms with van der Waals surface area (Å²) in [4.78, 5) is 0. The van der Waals surface area contributed by atoms with E-state index in [9.17, 15) is 0 Å². The maximum absolute atomic E-state index is 5.84. The molecular formula is C17H34O2. The van der Waals surface area contributed by atoms with E-state index in [4.69, 9.17) is 9.47 Å². The van der Waals surface area contributed by atoms with Crippen LogP contribution in [-0.2, 0) is 9.47 Å². The van der Waals surface area contributed by atoms with Crippen LogP contribution in [0.5, 0.6) is 0 Å². The number of unbranched alkanes of at least 4 members (excludes halogenated alkanes) is 3. The molecule has 0 bridgehead atoms. The summed E-state index contributed by atoms with van der Waals surface area (Å²) < 4.78 is 10.9. The summed E-state index contributed by atoms with van der Waals surface area (Å²) in [5, 5.41) is 0. The Labute approximate surface area is 120 Å². The molecule has 0 aromatic rings. The molecule has 0 atom stereocenters. The highest BCUT2D eigenvalue weighted by Crippen LogP contribution is 2.31. The summed E-state index contributed by atoms with van der Waals surface area (Å²) in [5.74, 6) is 1.86. The van der Waals surface area contributed by atoms with Gasteiger partial charge in [-0.15, -0.1) is 0 Å². The number of hydrogen-bond donors (Lipinski definition) is 0. The maximum atomic E-state index is 5.84. The van der Waals surface area contributed by atoms with E-state index in [0.717, 1.165) is 31.7 Å². The zero-order valence-corrected chi connectivity index (χ0v) is 13.2. The molecule has 0 amide bonds. The summed E-state index contributed by atoms with van der Waals surface area (Å²) in [6.45, 7) is 5.18. The summed E-state index contributed by atoms with van der Waals surface area (Å²) in [6, 6.07) is 0. The van der Waals surface area contributed by atoms with Gasteiger partial charge in [-0.05, 0) is 37.5 Å². The average molecular weight is 270 g/mol. The van der Waals surface area contributed by atoms with E-state index in [0.29, 0.717) is 0 Å². The van der Waals surface area contributed by atoms with Crippen molar-refractivity contribution < 1.29 is 9.47 Å². The maximum Gasteiger partial charge on any atom is 0.0494 e. The molecule has 1 aliphatic carbocycles. The number of hydrogen-bond acceptors (Lipinski definition) is 2. The van der Waals surface area contributed by atoms with Crippen molar-refractivity contribution in [1.82, 2.24) is 0 Å². The first kappa shape index (κ1) is 17.0. The van der Waals surface area contributed by atoms with E-state index < -0.39 is 0 Å². The second kappa shape index (κ2) is 11.7. The van der Waals surface area contributed by atoms with Gasteiger partial charge in [0.2, 0.25) is 0 Å². The van der Waals surface area contributed by atoms with Crippen molar-refractivity contribution >= 4 is 0 Å². The monoisotopic (exact) mass is 270 g/mol. The summed E-state index contributed by atoms with van der Waals surface area (Å²) in [6.07, 6.45) is 13.5. The minimum atomic E-state index is 0.849. The number of rotatable bonds is 11. The van der Waals surface area contributed by atoms with Crippen molar-refractivity contribution in [2.75, 3.05) is 26.9 Å². The molecule has 114 valence electrons. The van der Waals surface area contributed by atoms with Crippen LogP contribution in [0.15, 0.2) is 0 Å². The lowest BCUT2D eigenvalue weighted by atomic mass is 9.80. The molecule has 0 heterocycles. The van der Waals surface area contributed by atoms with Crippen molar-refractivity contribution in [2.45, 2.75) is 71.1 Å². The van der Waals surface area contributed by atoms with E-state index in [1.165, 1.54) is 64.2 Å². The molecule has 0 aromatic carbocycles. The zero-order valence-electron chi connectivity index (χ0n) is 13.2. The summed E-state index contributed by atoms with van der Waals surface area (Å²) in [5.41, 5.74) is 0. The Bertz CT molecular complexity index is 186. The number of ether oxygens (including phenoxy) is 2. The average Bonchev–Trinajstić information content (AvgIpc) is 2.44. The predicted octanol–water partition coefficient (Wildman–Crippen LogP) is 4.82. The van der Waals surface area contributed by atoms with Crippen LogP contribution in [0.4, 0.5) is 0 Å². The molecular weight excluding hydrogens is 236 g/mol. The van der Waals surface area contributed by atoms with Gasteiger partial charge in [-0.25, -0.2) is 0 Å². The standard InChI is InChI=1S/C17H34O2/c1-3-8-16-9-11-17(12-10-16)15-19-14-7-5-4-6-13-18-2/h16-17H,3-15H2,1-2H3. The third-order valence-electron chi connectivity index (χ3n) is 4.40. The smallest absolute Gasteiger partial charge is 0.0494 e. The van der Waals surface area contributed by atoms with Crippen LogP contribution < -0.4 is 0 Å². The molecule has 0 aliphatic heterocycles.